The Kier molecular flexibility index (Phi) is 4.92. The molecule has 0 bridgehead atoms. The number of hydrogen-bond donors (Lipinski definition) is 0. The van der Waals surface area contributed by atoms with Crippen molar-refractivity contribution in [1.29, 1.82) is 0 Å². The Labute approximate surface area is 98.7 Å². The highest BCUT2D eigenvalue weighted by molar-refractivity contribution is 7.10. The van der Waals surface area contributed by atoms with Gasteiger partial charge in [0.25, 0.3) is 0 Å². The molecule has 0 spiro atoms. The van der Waals surface area contributed by atoms with Crippen LogP contribution < -0.4 is 0 Å². The molecule has 1 atom stereocenters. The van der Waals surface area contributed by atoms with Gasteiger partial charge in [0.05, 0.1) is 6.61 Å². The van der Waals surface area contributed by atoms with Crippen LogP contribution >= 0.6 is 11.3 Å². The largest absolute Gasteiger partial charge is 0.460 e. The Morgan fingerprint density at radius 2 is 2.38 bits per heavy atom. The molecule has 0 aliphatic heterocycles. The molecule has 4 heteroatoms. The van der Waals surface area contributed by atoms with Gasteiger partial charge in [0.1, 0.15) is 0 Å². The van der Waals surface area contributed by atoms with Gasteiger partial charge >= 0.3 is 5.97 Å². The molecule has 1 unspecified atom stereocenters. The number of esters is 1. The molecule has 0 amide bonds. The van der Waals surface area contributed by atoms with E-state index in [1.54, 1.807) is 24.3 Å². The van der Waals surface area contributed by atoms with Crippen molar-refractivity contribution >= 4 is 23.1 Å². The molecular formula is C12H14O3S. The molecular weight excluding hydrogens is 224 g/mol. The number of carbonyl (C=O) groups is 2. The van der Waals surface area contributed by atoms with Gasteiger partial charge in [-0.25, -0.2) is 4.79 Å². The molecule has 0 N–H and O–H groups in total. The van der Waals surface area contributed by atoms with Gasteiger partial charge < -0.3 is 4.74 Å². The second-order valence-electron chi connectivity index (χ2n) is 3.21. The lowest BCUT2D eigenvalue weighted by Gasteiger charge is -2.08. The minimum absolute atomic E-state index is 0.100. The molecule has 0 aliphatic carbocycles. The lowest BCUT2D eigenvalue weighted by molar-refractivity contribution is -0.153. The van der Waals surface area contributed by atoms with Crippen LogP contribution in [0.3, 0.4) is 0 Å². The summed E-state index contributed by atoms with van der Waals surface area (Å²) in [5, 5.41) is 1.93. The summed E-state index contributed by atoms with van der Waals surface area (Å²) in [6, 6.07) is 3.83. The lowest BCUT2D eigenvalue weighted by atomic mass is 10.0. The van der Waals surface area contributed by atoms with Crippen LogP contribution in [0.25, 0.3) is 0 Å². The van der Waals surface area contributed by atoms with Crippen molar-refractivity contribution in [2.24, 2.45) is 0 Å². The number of ether oxygens (including phenoxy) is 1. The zero-order chi connectivity index (χ0) is 12.0. The number of Topliss-reactive ketones (excluding diaryl/α,β-unsaturated/α-hetero) is 1. The maximum Gasteiger partial charge on any atom is 0.374 e. The lowest BCUT2D eigenvalue weighted by Crippen LogP contribution is -2.19. The van der Waals surface area contributed by atoms with Gasteiger partial charge in [0.15, 0.2) is 0 Å². The summed E-state index contributed by atoms with van der Waals surface area (Å²) < 4.78 is 4.65. The van der Waals surface area contributed by atoms with E-state index in [1.807, 2.05) is 17.5 Å². The molecule has 1 aromatic rings. The van der Waals surface area contributed by atoms with Gasteiger partial charge in [-0.2, -0.15) is 0 Å². The average Bonchev–Trinajstić information content (AvgIpc) is 2.79. The average molecular weight is 238 g/mol. The van der Waals surface area contributed by atoms with Crippen molar-refractivity contribution in [1.82, 2.24) is 0 Å². The quantitative estimate of drug-likeness (QED) is 0.434. The number of ketones is 1. The van der Waals surface area contributed by atoms with E-state index < -0.39 is 11.8 Å². The number of rotatable bonds is 6. The third-order valence-corrected chi connectivity index (χ3v) is 3.11. The number of carbonyl (C=O) groups excluding carboxylic acids is 2. The standard InChI is InChI=1S/C12H14O3S/c1-3-9(11-6-5-7-16-11)8-10(13)12(14)15-4-2/h3,5-7,9H,1,4,8H2,2H3. The molecule has 0 fully saturated rings. The van der Waals surface area contributed by atoms with E-state index in [2.05, 4.69) is 11.3 Å². The smallest absolute Gasteiger partial charge is 0.374 e. The first kappa shape index (κ1) is 12.6. The van der Waals surface area contributed by atoms with Gasteiger partial charge in [-0.3, -0.25) is 4.79 Å². The van der Waals surface area contributed by atoms with Gasteiger partial charge in [0.2, 0.25) is 5.78 Å². The molecule has 3 nitrogen and oxygen atoms in total. The van der Waals surface area contributed by atoms with Crippen molar-refractivity contribution in [3.63, 3.8) is 0 Å². The van der Waals surface area contributed by atoms with Gasteiger partial charge in [-0.1, -0.05) is 12.1 Å². The third kappa shape index (κ3) is 3.31. The Morgan fingerprint density at radius 1 is 1.62 bits per heavy atom. The summed E-state index contributed by atoms with van der Waals surface area (Å²) in [7, 11) is 0. The van der Waals surface area contributed by atoms with Gasteiger partial charge in [-0.05, 0) is 18.4 Å². The zero-order valence-electron chi connectivity index (χ0n) is 9.14. The fourth-order valence-corrected chi connectivity index (χ4v) is 2.12. The zero-order valence-corrected chi connectivity index (χ0v) is 9.96. The molecule has 0 radical (unpaired) electrons. The van der Waals surface area contributed by atoms with E-state index in [9.17, 15) is 9.59 Å². The first-order valence-electron chi connectivity index (χ1n) is 5.05. The molecule has 16 heavy (non-hydrogen) atoms. The van der Waals surface area contributed by atoms with E-state index in [0.29, 0.717) is 0 Å². The first-order valence-corrected chi connectivity index (χ1v) is 5.93. The van der Waals surface area contributed by atoms with E-state index in [4.69, 9.17) is 0 Å². The molecule has 86 valence electrons. The Morgan fingerprint density at radius 3 is 2.88 bits per heavy atom. The van der Waals surface area contributed by atoms with Crippen LogP contribution in [0.5, 0.6) is 0 Å². The van der Waals surface area contributed by atoms with Crippen LogP contribution in [-0.2, 0) is 14.3 Å². The van der Waals surface area contributed by atoms with Crippen molar-refractivity contribution < 1.29 is 14.3 Å². The number of allylic oxidation sites excluding steroid dienone is 1. The van der Waals surface area contributed by atoms with Crippen molar-refractivity contribution in [3.05, 3.63) is 35.0 Å². The van der Waals surface area contributed by atoms with Crippen LogP contribution in [0.4, 0.5) is 0 Å². The Hall–Kier alpha value is -1.42. The van der Waals surface area contributed by atoms with E-state index >= 15 is 0 Å². The molecule has 0 saturated heterocycles. The number of hydrogen-bond acceptors (Lipinski definition) is 4. The van der Waals surface area contributed by atoms with Crippen LogP contribution in [0.1, 0.15) is 24.1 Å². The predicted molar refractivity (Wildman–Crippen MR) is 63.5 cm³/mol. The molecule has 0 aliphatic rings. The highest BCUT2D eigenvalue weighted by atomic mass is 32.1. The topological polar surface area (TPSA) is 43.4 Å². The highest BCUT2D eigenvalue weighted by Crippen LogP contribution is 2.25. The van der Waals surface area contributed by atoms with Crippen molar-refractivity contribution in [2.75, 3.05) is 6.61 Å². The second-order valence-corrected chi connectivity index (χ2v) is 4.18. The van der Waals surface area contributed by atoms with Gasteiger partial charge in [-0.15, -0.1) is 17.9 Å². The molecule has 1 rings (SSSR count). The van der Waals surface area contributed by atoms with Crippen molar-refractivity contribution in [3.8, 4) is 0 Å². The predicted octanol–water partition coefficient (Wildman–Crippen LogP) is 2.54. The van der Waals surface area contributed by atoms with Crippen molar-refractivity contribution in [2.45, 2.75) is 19.3 Å². The summed E-state index contributed by atoms with van der Waals surface area (Å²) in [5.74, 6) is -1.36. The summed E-state index contributed by atoms with van der Waals surface area (Å²) >= 11 is 1.55. The maximum atomic E-state index is 11.5. The Bertz CT molecular complexity index is 368. The first-order chi connectivity index (χ1) is 7.69. The second kappa shape index (κ2) is 6.23. The maximum absolute atomic E-state index is 11.5. The van der Waals surface area contributed by atoms with Crippen LogP contribution in [0, 0.1) is 0 Å². The van der Waals surface area contributed by atoms with E-state index in [1.165, 1.54) is 0 Å². The highest BCUT2D eigenvalue weighted by Gasteiger charge is 2.20. The van der Waals surface area contributed by atoms with E-state index in [0.717, 1.165) is 4.88 Å². The molecule has 1 aromatic heterocycles. The normalized spacial score (nSPS) is 11.8. The van der Waals surface area contributed by atoms with Crippen LogP contribution in [0.15, 0.2) is 30.2 Å². The van der Waals surface area contributed by atoms with Crippen LogP contribution in [0.2, 0.25) is 0 Å². The summed E-state index contributed by atoms with van der Waals surface area (Å²) in [5.41, 5.74) is 0. The van der Waals surface area contributed by atoms with Gasteiger partial charge in [0, 0.05) is 17.2 Å². The minimum atomic E-state index is -0.758. The summed E-state index contributed by atoms with van der Waals surface area (Å²) in [6.07, 6.45) is 1.81. The third-order valence-electron chi connectivity index (χ3n) is 2.10. The monoisotopic (exact) mass is 238 g/mol. The summed E-state index contributed by atoms with van der Waals surface area (Å²) in [6.45, 7) is 5.58. The SMILES string of the molecule is C=CC(CC(=O)C(=O)OCC)c1cccs1. The molecule has 1 heterocycles. The van der Waals surface area contributed by atoms with E-state index in [-0.39, 0.29) is 18.9 Å². The Balaban J connectivity index is 2.61. The molecule has 0 aromatic carbocycles. The fourth-order valence-electron chi connectivity index (χ4n) is 1.30. The summed E-state index contributed by atoms with van der Waals surface area (Å²) in [4.78, 5) is 23.7. The fraction of sp³-hybridized carbons (Fsp3) is 0.333. The van der Waals surface area contributed by atoms with Crippen LogP contribution in [-0.4, -0.2) is 18.4 Å². The molecule has 0 saturated carbocycles. The number of thiophene rings is 1. The minimum Gasteiger partial charge on any atom is -0.460 e.